The first-order chi connectivity index (χ1) is 8.34. The van der Waals surface area contributed by atoms with Crippen LogP contribution in [0.2, 0.25) is 0 Å². The van der Waals surface area contributed by atoms with Crippen LogP contribution in [0.5, 0.6) is 11.5 Å². The predicted molar refractivity (Wildman–Crippen MR) is 69.6 cm³/mol. The van der Waals surface area contributed by atoms with Crippen molar-refractivity contribution in [1.29, 1.82) is 0 Å². The number of hydrogen-bond acceptors (Lipinski definition) is 4. The number of benzene rings is 1. The number of aromatic hydroxyl groups is 1. The Hall–Kier alpha value is -1.75. The van der Waals surface area contributed by atoms with E-state index in [9.17, 15) is 9.90 Å². The van der Waals surface area contributed by atoms with Gasteiger partial charge in [0.05, 0.1) is 12.6 Å². The van der Waals surface area contributed by atoms with Crippen LogP contribution in [-0.4, -0.2) is 30.2 Å². The lowest BCUT2D eigenvalue weighted by Gasteiger charge is -2.17. The molecule has 0 heterocycles. The van der Waals surface area contributed by atoms with E-state index >= 15 is 0 Å². The van der Waals surface area contributed by atoms with Gasteiger partial charge in [-0.25, -0.2) is 0 Å². The zero-order valence-corrected chi connectivity index (χ0v) is 11.0. The van der Waals surface area contributed by atoms with Crippen molar-refractivity contribution in [2.45, 2.75) is 25.8 Å². The number of rotatable bonds is 5. The van der Waals surface area contributed by atoms with Crippen LogP contribution in [0, 0.1) is 0 Å². The van der Waals surface area contributed by atoms with Crippen molar-refractivity contribution in [3.05, 3.63) is 23.8 Å². The average Bonchev–Trinajstić information content (AvgIpc) is 2.30. The zero-order valence-electron chi connectivity index (χ0n) is 11.0. The van der Waals surface area contributed by atoms with Gasteiger partial charge >= 0.3 is 0 Å². The number of phenolic OH excluding ortho intramolecular Hbond substituents is 1. The largest absolute Gasteiger partial charge is 0.504 e. The van der Waals surface area contributed by atoms with Crippen LogP contribution in [0.1, 0.15) is 19.4 Å². The van der Waals surface area contributed by atoms with Gasteiger partial charge in [-0.05, 0) is 38.0 Å². The van der Waals surface area contributed by atoms with Crippen LogP contribution in [0.25, 0.3) is 0 Å². The number of nitrogens with two attached hydrogens (primary N) is 1. The molecule has 1 aromatic carbocycles. The smallest absolute Gasteiger partial charge is 0.239 e. The first kappa shape index (κ1) is 14.3. The Morgan fingerprint density at radius 2 is 2.17 bits per heavy atom. The first-order valence-electron chi connectivity index (χ1n) is 5.77. The lowest BCUT2D eigenvalue weighted by molar-refractivity contribution is -0.125. The molecule has 0 atom stereocenters. The molecule has 1 aromatic rings. The molecule has 0 saturated heterocycles. The highest BCUT2D eigenvalue weighted by atomic mass is 16.5. The second kappa shape index (κ2) is 5.73. The summed E-state index contributed by atoms with van der Waals surface area (Å²) >= 11 is 0. The van der Waals surface area contributed by atoms with Crippen LogP contribution < -0.4 is 15.8 Å². The van der Waals surface area contributed by atoms with Crippen LogP contribution in [0.15, 0.2) is 18.2 Å². The Balaban J connectivity index is 2.52. The van der Waals surface area contributed by atoms with Gasteiger partial charge in [-0.3, -0.25) is 4.79 Å². The van der Waals surface area contributed by atoms with Crippen LogP contribution in [0.3, 0.4) is 0 Å². The molecule has 100 valence electrons. The summed E-state index contributed by atoms with van der Waals surface area (Å²) in [5.74, 6) is 0.347. The summed E-state index contributed by atoms with van der Waals surface area (Å²) in [5.41, 5.74) is 5.76. The number of carbonyl (C=O) groups excluding carboxylic acids is 1. The summed E-state index contributed by atoms with van der Waals surface area (Å²) in [6.07, 6.45) is 0.651. The third kappa shape index (κ3) is 3.92. The van der Waals surface area contributed by atoms with Gasteiger partial charge in [0.15, 0.2) is 11.5 Å². The Bertz CT molecular complexity index is 425. The molecule has 5 nitrogen and oxygen atoms in total. The lowest BCUT2D eigenvalue weighted by atomic mass is 10.1. The number of nitrogens with one attached hydrogen (secondary N) is 1. The molecule has 0 spiro atoms. The normalized spacial score (nSPS) is 11.1. The number of methoxy groups -OCH3 is 1. The minimum absolute atomic E-state index is 0.105. The molecule has 18 heavy (non-hydrogen) atoms. The highest BCUT2D eigenvalue weighted by Gasteiger charge is 2.20. The second-order valence-electron chi connectivity index (χ2n) is 4.73. The van der Waals surface area contributed by atoms with Crippen LogP contribution >= 0.6 is 0 Å². The van der Waals surface area contributed by atoms with Crippen molar-refractivity contribution >= 4 is 5.91 Å². The van der Waals surface area contributed by atoms with Gasteiger partial charge in [-0.2, -0.15) is 0 Å². The number of amides is 1. The SMILES string of the molecule is COc1cc(CCNC(=O)C(C)(C)N)ccc1O. The average molecular weight is 252 g/mol. The number of hydrogen-bond donors (Lipinski definition) is 3. The fourth-order valence-corrected chi connectivity index (χ4v) is 1.43. The molecule has 0 unspecified atom stereocenters. The molecule has 0 aliphatic rings. The maximum atomic E-state index is 11.5. The molecule has 0 fully saturated rings. The predicted octanol–water partition coefficient (Wildman–Crippen LogP) is 0.797. The highest BCUT2D eigenvalue weighted by molar-refractivity contribution is 5.84. The molecule has 0 aliphatic carbocycles. The number of carbonyl (C=O) groups is 1. The molecule has 5 heteroatoms. The summed E-state index contributed by atoms with van der Waals surface area (Å²) in [6, 6.07) is 5.11. The van der Waals surface area contributed by atoms with E-state index in [2.05, 4.69) is 5.32 Å². The zero-order chi connectivity index (χ0) is 13.8. The van der Waals surface area contributed by atoms with Crippen molar-refractivity contribution in [3.63, 3.8) is 0 Å². The van der Waals surface area contributed by atoms with Gasteiger partial charge < -0.3 is 20.9 Å². The summed E-state index contributed by atoms with van der Waals surface area (Å²) in [4.78, 5) is 11.5. The summed E-state index contributed by atoms with van der Waals surface area (Å²) in [6.45, 7) is 3.81. The highest BCUT2D eigenvalue weighted by Crippen LogP contribution is 2.26. The van der Waals surface area contributed by atoms with Gasteiger partial charge in [0, 0.05) is 6.54 Å². The maximum Gasteiger partial charge on any atom is 0.239 e. The van der Waals surface area contributed by atoms with Gasteiger partial charge in [0.25, 0.3) is 0 Å². The Morgan fingerprint density at radius 1 is 1.50 bits per heavy atom. The Morgan fingerprint density at radius 3 is 2.72 bits per heavy atom. The van der Waals surface area contributed by atoms with Crippen molar-refractivity contribution in [1.82, 2.24) is 5.32 Å². The minimum Gasteiger partial charge on any atom is -0.504 e. The molecule has 0 saturated carbocycles. The number of phenols is 1. The van der Waals surface area contributed by atoms with E-state index in [0.717, 1.165) is 5.56 Å². The fraction of sp³-hybridized carbons (Fsp3) is 0.462. The third-order valence-corrected chi connectivity index (χ3v) is 2.53. The van der Waals surface area contributed by atoms with E-state index in [1.807, 2.05) is 0 Å². The molecular formula is C13H20N2O3. The van der Waals surface area contributed by atoms with E-state index in [1.165, 1.54) is 7.11 Å². The van der Waals surface area contributed by atoms with E-state index in [1.54, 1.807) is 32.0 Å². The van der Waals surface area contributed by atoms with Gasteiger partial charge in [0.1, 0.15) is 0 Å². The van der Waals surface area contributed by atoms with E-state index < -0.39 is 5.54 Å². The Labute approximate surface area is 107 Å². The van der Waals surface area contributed by atoms with E-state index in [0.29, 0.717) is 18.7 Å². The summed E-state index contributed by atoms with van der Waals surface area (Å²) < 4.78 is 5.01. The Kier molecular flexibility index (Phi) is 4.55. The first-order valence-corrected chi connectivity index (χ1v) is 5.77. The number of ether oxygens (including phenoxy) is 1. The van der Waals surface area contributed by atoms with Crippen molar-refractivity contribution in [2.75, 3.05) is 13.7 Å². The quantitative estimate of drug-likeness (QED) is 0.723. The van der Waals surface area contributed by atoms with Crippen LogP contribution in [-0.2, 0) is 11.2 Å². The van der Waals surface area contributed by atoms with E-state index in [-0.39, 0.29) is 11.7 Å². The standard InChI is InChI=1S/C13H20N2O3/c1-13(2,14)12(17)15-7-6-9-4-5-10(16)11(8-9)18-3/h4-5,8,16H,6-7,14H2,1-3H3,(H,15,17). The molecule has 4 N–H and O–H groups in total. The van der Waals surface area contributed by atoms with Crippen molar-refractivity contribution < 1.29 is 14.6 Å². The molecule has 0 bridgehead atoms. The molecule has 0 radical (unpaired) electrons. The lowest BCUT2D eigenvalue weighted by Crippen LogP contribution is -2.49. The topological polar surface area (TPSA) is 84.6 Å². The maximum absolute atomic E-state index is 11.5. The molecule has 0 aromatic heterocycles. The van der Waals surface area contributed by atoms with Crippen molar-refractivity contribution in [3.8, 4) is 11.5 Å². The molecule has 1 rings (SSSR count). The van der Waals surface area contributed by atoms with Gasteiger partial charge in [-0.15, -0.1) is 0 Å². The summed E-state index contributed by atoms with van der Waals surface area (Å²) in [5, 5.41) is 12.2. The minimum atomic E-state index is -0.868. The van der Waals surface area contributed by atoms with E-state index in [4.69, 9.17) is 10.5 Å². The summed E-state index contributed by atoms with van der Waals surface area (Å²) in [7, 11) is 1.50. The monoisotopic (exact) mass is 252 g/mol. The van der Waals surface area contributed by atoms with Crippen LogP contribution in [0.4, 0.5) is 0 Å². The molecule has 0 aliphatic heterocycles. The molecule has 1 amide bonds. The molecular weight excluding hydrogens is 232 g/mol. The van der Waals surface area contributed by atoms with Gasteiger partial charge in [-0.1, -0.05) is 6.07 Å². The fourth-order valence-electron chi connectivity index (χ4n) is 1.43. The third-order valence-electron chi connectivity index (χ3n) is 2.53. The van der Waals surface area contributed by atoms with Crippen molar-refractivity contribution in [2.24, 2.45) is 5.73 Å². The second-order valence-corrected chi connectivity index (χ2v) is 4.73. The van der Waals surface area contributed by atoms with Gasteiger partial charge in [0.2, 0.25) is 5.91 Å².